The first-order valence-electron chi connectivity index (χ1n) is 12.5. The van der Waals surface area contributed by atoms with Gasteiger partial charge in [-0.2, -0.15) is 0 Å². The molecule has 4 rings (SSSR count). The third-order valence-corrected chi connectivity index (χ3v) is 7.39. The fraction of sp³-hybridized carbons (Fsp3) is 0.367. The van der Waals surface area contributed by atoms with Gasteiger partial charge in [-0.1, -0.05) is 69.6 Å². The number of benzene rings is 2. The minimum absolute atomic E-state index is 0.0243. The van der Waals surface area contributed by atoms with E-state index in [4.69, 9.17) is 11.6 Å². The Balaban J connectivity index is 1.44. The molecule has 0 radical (unpaired) electrons. The van der Waals surface area contributed by atoms with E-state index in [-0.39, 0.29) is 23.1 Å². The molecule has 1 saturated heterocycles. The van der Waals surface area contributed by atoms with Gasteiger partial charge in [-0.05, 0) is 65.1 Å². The average Bonchev–Trinajstić information content (AvgIpc) is 2.85. The van der Waals surface area contributed by atoms with Gasteiger partial charge in [0.2, 0.25) is 11.8 Å². The standard InChI is InChI=1S/C30H34ClN3O2/c1-20(2)28(33-27(35)14-11-21-15-17-32-26-8-6-5-7-24(21)26)29(36)34-18-16-25(30(3,4)19-34)22-9-12-23(31)13-10-22/h5-15,17,20,25,28H,16,18-19H2,1-4H3,(H,33,35)/b14-11+/t25?,28-/m1/s1. The summed E-state index contributed by atoms with van der Waals surface area (Å²) in [5, 5.41) is 4.67. The van der Waals surface area contributed by atoms with E-state index in [1.165, 1.54) is 11.6 Å². The third kappa shape index (κ3) is 5.79. The molecule has 6 heteroatoms. The van der Waals surface area contributed by atoms with E-state index < -0.39 is 6.04 Å². The highest BCUT2D eigenvalue weighted by Crippen LogP contribution is 2.42. The number of piperidine rings is 1. The second kappa shape index (κ2) is 10.8. The Bertz CT molecular complexity index is 1260. The molecule has 0 spiro atoms. The van der Waals surface area contributed by atoms with E-state index >= 15 is 0 Å². The Labute approximate surface area is 218 Å². The Morgan fingerprint density at radius 1 is 1.11 bits per heavy atom. The van der Waals surface area contributed by atoms with Gasteiger partial charge in [0, 0.05) is 35.8 Å². The molecular formula is C30H34ClN3O2. The van der Waals surface area contributed by atoms with Crippen molar-refractivity contribution in [1.29, 1.82) is 0 Å². The first-order chi connectivity index (χ1) is 17.2. The summed E-state index contributed by atoms with van der Waals surface area (Å²) in [6.07, 6.45) is 5.88. The van der Waals surface area contributed by atoms with Crippen LogP contribution in [0, 0.1) is 11.3 Å². The number of hydrogen-bond acceptors (Lipinski definition) is 3. The van der Waals surface area contributed by atoms with Crippen LogP contribution in [-0.4, -0.2) is 40.8 Å². The van der Waals surface area contributed by atoms with Gasteiger partial charge in [0.1, 0.15) is 6.04 Å². The predicted octanol–water partition coefficient (Wildman–Crippen LogP) is 6.08. The summed E-state index contributed by atoms with van der Waals surface area (Å²) in [6.45, 7) is 9.64. The number of aromatic nitrogens is 1. The highest BCUT2D eigenvalue weighted by molar-refractivity contribution is 6.30. The smallest absolute Gasteiger partial charge is 0.245 e. The van der Waals surface area contributed by atoms with Crippen LogP contribution in [0.1, 0.15) is 51.2 Å². The van der Waals surface area contributed by atoms with E-state index in [2.05, 4.69) is 36.3 Å². The number of para-hydroxylation sites is 1. The topological polar surface area (TPSA) is 62.3 Å². The number of amides is 2. The average molecular weight is 504 g/mol. The van der Waals surface area contributed by atoms with Gasteiger partial charge in [0.05, 0.1) is 5.52 Å². The maximum absolute atomic E-state index is 13.6. The van der Waals surface area contributed by atoms with Crippen molar-refractivity contribution in [3.63, 3.8) is 0 Å². The molecule has 0 aliphatic carbocycles. The lowest BCUT2D eigenvalue weighted by Crippen LogP contribution is -2.55. The number of hydrogen-bond donors (Lipinski definition) is 1. The molecule has 1 aromatic heterocycles. The van der Waals surface area contributed by atoms with Gasteiger partial charge in [0.15, 0.2) is 0 Å². The highest BCUT2D eigenvalue weighted by Gasteiger charge is 2.40. The minimum atomic E-state index is -0.584. The lowest BCUT2D eigenvalue weighted by molar-refractivity contribution is -0.140. The molecule has 0 bridgehead atoms. The number of pyridine rings is 1. The van der Waals surface area contributed by atoms with E-state index in [1.807, 2.05) is 61.2 Å². The van der Waals surface area contributed by atoms with Gasteiger partial charge in [-0.15, -0.1) is 0 Å². The summed E-state index contributed by atoms with van der Waals surface area (Å²) in [7, 11) is 0. The summed E-state index contributed by atoms with van der Waals surface area (Å²) >= 11 is 6.08. The van der Waals surface area contributed by atoms with E-state index in [1.54, 1.807) is 12.3 Å². The quantitative estimate of drug-likeness (QED) is 0.414. The third-order valence-electron chi connectivity index (χ3n) is 7.14. The molecule has 3 aromatic rings. The molecular weight excluding hydrogens is 470 g/mol. The molecule has 2 amide bonds. The number of carbonyl (C=O) groups excluding carboxylic acids is 2. The number of likely N-dealkylation sites (tertiary alicyclic amines) is 1. The van der Waals surface area contributed by atoms with Crippen LogP contribution in [-0.2, 0) is 9.59 Å². The molecule has 1 unspecified atom stereocenters. The normalized spacial score (nSPS) is 18.5. The van der Waals surface area contributed by atoms with Gasteiger partial charge in [-0.3, -0.25) is 14.6 Å². The monoisotopic (exact) mass is 503 g/mol. The van der Waals surface area contributed by atoms with Crippen LogP contribution in [0.3, 0.4) is 0 Å². The van der Waals surface area contributed by atoms with Crippen molar-refractivity contribution >= 4 is 40.4 Å². The summed E-state index contributed by atoms with van der Waals surface area (Å²) in [5.41, 5.74) is 2.93. The molecule has 2 aromatic carbocycles. The Kier molecular flexibility index (Phi) is 7.79. The van der Waals surface area contributed by atoms with Crippen LogP contribution >= 0.6 is 11.6 Å². The maximum Gasteiger partial charge on any atom is 0.245 e. The molecule has 2 heterocycles. The summed E-state index contributed by atoms with van der Waals surface area (Å²) in [6, 6.07) is 17.1. The van der Waals surface area contributed by atoms with Gasteiger partial charge in [-0.25, -0.2) is 0 Å². The Hall–Kier alpha value is -3.18. The van der Waals surface area contributed by atoms with Crippen molar-refractivity contribution in [2.24, 2.45) is 11.3 Å². The number of rotatable bonds is 6. The summed E-state index contributed by atoms with van der Waals surface area (Å²) in [5.74, 6) is -0.000251. The second-order valence-corrected chi connectivity index (χ2v) is 11.1. The maximum atomic E-state index is 13.6. The lowest BCUT2D eigenvalue weighted by Gasteiger charge is -2.45. The van der Waals surface area contributed by atoms with Crippen molar-refractivity contribution in [3.05, 3.63) is 83.0 Å². The lowest BCUT2D eigenvalue weighted by atomic mass is 9.70. The van der Waals surface area contributed by atoms with Crippen molar-refractivity contribution in [2.45, 2.75) is 46.1 Å². The molecule has 1 aliphatic rings. The molecule has 1 N–H and O–H groups in total. The second-order valence-electron chi connectivity index (χ2n) is 10.6. The molecule has 36 heavy (non-hydrogen) atoms. The van der Waals surface area contributed by atoms with Gasteiger partial charge >= 0.3 is 0 Å². The van der Waals surface area contributed by atoms with Crippen LogP contribution in [0.25, 0.3) is 17.0 Å². The number of carbonyl (C=O) groups is 2. The first kappa shape index (κ1) is 25.9. The SMILES string of the molecule is CC(C)[C@@H](NC(=O)/C=C/c1ccnc2ccccc12)C(=O)N1CCC(c2ccc(Cl)cc2)C(C)(C)C1. The molecule has 1 aliphatic heterocycles. The van der Waals surface area contributed by atoms with E-state index in [9.17, 15) is 9.59 Å². The molecule has 1 fully saturated rings. The highest BCUT2D eigenvalue weighted by atomic mass is 35.5. The predicted molar refractivity (Wildman–Crippen MR) is 147 cm³/mol. The van der Waals surface area contributed by atoms with Crippen molar-refractivity contribution in [3.8, 4) is 0 Å². The molecule has 188 valence electrons. The summed E-state index contributed by atoms with van der Waals surface area (Å²) in [4.78, 5) is 32.7. The number of fused-ring (bicyclic) bond motifs is 1. The number of nitrogens with one attached hydrogen (secondary N) is 1. The zero-order valence-corrected chi connectivity index (χ0v) is 22.1. The van der Waals surface area contributed by atoms with Crippen molar-refractivity contribution in [2.75, 3.05) is 13.1 Å². The van der Waals surface area contributed by atoms with Crippen molar-refractivity contribution in [1.82, 2.24) is 15.2 Å². The van der Waals surface area contributed by atoms with E-state index in [0.29, 0.717) is 19.0 Å². The van der Waals surface area contributed by atoms with Crippen LogP contribution in [0.5, 0.6) is 0 Å². The van der Waals surface area contributed by atoms with Crippen LogP contribution in [0.2, 0.25) is 5.02 Å². The first-order valence-corrected chi connectivity index (χ1v) is 12.9. The zero-order chi connectivity index (χ0) is 25.9. The van der Waals surface area contributed by atoms with Crippen LogP contribution in [0.4, 0.5) is 0 Å². The van der Waals surface area contributed by atoms with Crippen LogP contribution < -0.4 is 5.32 Å². The molecule has 5 nitrogen and oxygen atoms in total. The minimum Gasteiger partial charge on any atom is -0.340 e. The summed E-state index contributed by atoms with van der Waals surface area (Å²) < 4.78 is 0. The molecule has 2 atom stereocenters. The zero-order valence-electron chi connectivity index (χ0n) is 21.4. The fourth-order valence-electron chi connectivity index (χ4n) is 5.20. The van der Waals surface area contributed by atoms with E-state index in [0.717, 1.165) is 27.9 Å². The number of nitrogens with zero attached hydrogens (tertiary/aromatic N) is 2. The van der Waals surface area contributed by atoms with Crippen LogP contribution in [0.15, 0.2) is 66.9 Å². The fourth-order valence-corrected chi connectivity index (χ4v) is 5.32. The van der Waals surface area contributed by atoms with Crippen molar-refractivity contribution < 1.29 is 9.59 Å². The van der Waals surface area contributed by atoms with Gasteiger partial charge < -0.3 is 10.2 Å². The molecule has 0 saturated carbocycles. The Morgan fingerprint density at radius 2 is 1.83 bits per heavy atom. The number of halogens is 1. The Morgan fingerprint density at radius 3 is 2.53 bits per heavy atom. The van der Waals surface area contributed by atoms with Gasteiger partial charge in [0.25, 0.3) is 0 Å². The largest absolute Gasteiger partial charge is 0.340 e.